The third-order valence-corrected chi connectivity index (χ3v) is 3.62. The van der Waals surface area contributed by atoms with E-state index in [1.807, 2.05) is 45.0 Å². The molecule has 6 nitrogen and oxygen atoms in total. The number of anilines is 1. The van der Waals surface area contributed by atoms with Crippen LogP contribution in [0.15, 0.2) is 24.3 Å². The van der Waals surface area contributed by atoms with Gasteiger partial charge in [0, 0.05) is 16.7 Å². The molecule has 7 heteroatoms. The van der Waals surface area contributed by atoms with E-state index >= 15 is 0 Å². The van der Waals surface area contributed by atoms with Crippen molar-refractivity contribution in [1.29, 1.82) is 0 Å². The fourth-order valence-electron chi connectivity index (χ4n) is 1.68. The standard InChI is InChI=1S/C15H21N5O.ClH/c1-4-15(2,3)14(21)17-11-7-5-10(6-8-11)13-18-12(9-16)19-20-13;/h5-8H,4,9,16H2,1-3H3,(H,17,21)(H,18,19,20);1H. The average molecular weight is 324 g/mol. The van der Waals surface area contributed by atoms with Crippen molar-refractivity contribution in [3.05, 3.63) is 30.1 Å². The van der Waals surface area contributed by atoms with Crippen LogP contribution in [0.2, 0.25) is 0 Å². The predicted molar refractivity (Wildman–Crippen MR) is 89.7 cm³/mol. The summed E-state index contributed by atoms with van der Waals surface area (Å²) in [6, 6.07) is 7.44. The summed E-state index contributed by atoms with van der Waals surface area (Å²) in [6.07, 6.45) is 0.788. The van der Waals surface area contributed by atoms with Gasteiger partial charge >= 0.3 is 0 Å². The van der Waals surface area contributed by atoms with Crippen LogP contribution in [0.4, 0.5) is 5.69 Å². The number of nitrogens with two attached hydrogens (primary N) is 1. The summed E-state index contributed by atoms with van der Waals surface area (Å²) in [5.74, 6) is 1.26. The highest BCUT2D eigenvalue weighted by molar-refractivity contribution is 5.94. The zero-order chi connectivity index (χ0) is 15.5. The van der Waals surface area contributed by atoms with Crippen LogP contribution >= 0.6 is 12.4 Å². The van der Waals surface area contributed by atoms with Gasteiger partial charge in [0.15, 0.2) is 5.82 Å². The number of nitrogens with one attached hydrogen (secondary N) is 2. The Bertz CT molecular complexity index is 621. The van der Waals surface area contributed by atoms with Gasteiger partial charge in [-0.2, -0.15) is 5.10 Å². The van der Waals surface area contributed by atoms with Crippen molar-refractivity contribution < 1.29 is 4.79 Å². The molecular formula is C15H22ClN5O. The highest BCUT2D eigenvalue weighted by Gasteiger charge is 2.25. The number of carbonyl (C=O) groups excluding carboxylic acids is 1. The number of nitrogens with zero attached hydrogens (tertiary/aromatic N) is 2. The van der Waals surface area contributed by atoms with Gasteiger partial charge in [-0.3, -0.25) is 9.89 Å². The Labute approximate surface area is 136 Å². The molecule has 1 aromatic carbocycles. The Kier molecular flexibility index (Phi) is 6.08. The van der Waals surface area contributed by atoms with Crippen molar-refractivity contribution in [2.45, 2.75) is 33.7 Å². The lowest BCUT2D eigenvalue weighted by Crippen LogP contribution is -2.29. The van der Waals surface area contributed by atoms with E-state index in [2.05, 4.69) is 20.5 Å². The third kappa shape index (κ3) is 4.05. The van der Waals surface area contributed by atoms with Gasteiger partial charge in [0.05, 0.1) is 6.54 Å². The summed E-state index contributed by atoms with van der Waals surface area (Å²) in [5, 5.41) is 9.79. The highest BCUT2D eigenvalue weighted by Crippen LogP contribution is 2.23. The summed E-state index contributed by atoms with van der Waals surface area (Å²) in [4.78, 5) is 16.4. The molecule has 0 saturated carbocycles. The lowest BCUT2D eigenvalue weighted by molar-refractivity contribution is -0.124. The number of benzene rings is 1. The van der Waals surface area contributed by atoms with Crippen LogP contribution in [0.5, 0.6) is 0 Å². The Morgan fingerprint density at radius 3 is 2.45 bits per heavy atom. The molecule has 0 spiro atoms. The van der Waals surface area contributed by atoms with Gasteiger partial charge in [0.25, 0.3) is 0 Å². The van der Waals surface area contributed by atoms with E-state index in [-0.39, 0.29) is 23.7 Å². The minimum absolute atomic E-state index is 0. The van der Waals surface area contributed by atoms with E-state index in [1.54, 1.807) is 0 Å². The van der Waals surface area contributed by atoms with Gasteiger partial charge in [-0.25, -0.2) is 4.98 Å². The fourth-order valence-corrected chi connectivity index (χ4v) is 1.68. The van der Waals surface area contributed by atoms with E-state index in [0.29, 0.717) is 18.2 Å². The largest absolute Gasteiger partial charge is 0.326 e. The normalized spacial score (nSPS) is 10.9. The maximum atomic E-state index is 12.1. The summed E-state index contributed by atoms with van der Waals surface area (Å²) >= 11 is 0. The van der Waals surface area contributed by atoms with Crippen LogP contribution in [0.1, 0.15) is 33.0 Å². The molecule has 2 rings (SSSR count). The van der Waals surface area contributed by atoms with Gasteiger partial charge in [-0.15, -0.1) is 12.4 Å². The van der Waals surface area contributed by atoms with Crippen molar-refractivity contribution >= 4 is 24.0 Å². The number of aromatic nitrogens is 3. The molecule has 1 aromatic heterocycles. The third-order valence-electron chi connectivity index (χ3n) is 3.62. The average Bonchev–Trinajstić information content (AvgIpc) is 2.97. The predicted octanol–water partition coefficient (Wildman–Crippen LogP) is 2.73. The highest BCUT2D eigenvalue weighted by atomic mass is 35.5. The van der Waals surface area contributed by atoms with Gasteiger partial charge < -0.3 is 11.1 Å². The summed E-state index contributed by atoms with van der Waals surface area (Å²) < 4.78 is 0. The molecule has 0 aliphatic rings. The molecule has 0 atom stereocenters. The molecule has 1 amide bonds. The first-order valence-electron chi connectivity index (χ1n) is 6.99. The Hall–Kier alpha value is -1.92. The van der Waals surface area contributed by atoms with Crippen LogP contribution in [0, 0.1) is 5.41 Å². The summed E-state index contributed by atoms with van der Waals surface area (Å²) in [6.45, 7) is 6.19. The Morgan fingerprint density at radius 1 is 1.32 bits per heavy atom. The molecule has 22 heavy (non-hydrogen) atoms. The van der Waals surface area contributed by atoms with E-state index in [9.17, 15) is 4.79 Å². The molecule has 1 heterocycles. The first kappa shape index (κ1) is 18.1. The van der Waals surface area contributed by atoms with Crippen LogP contribution < -0.4 is 11.1 Å². The topological polar surface area (TPSA) is 96.7 Å². The molecule has 120 valence electrons. The van der Waals surface area contributed by atoms with Crippen molar-refractivity contribution in [2.24, 2.45) is 11.1 Å². The van der Waals surface area contributed by atoms with Crippen molar-refractivity contribution in [1.82, 2.24) is 15.2 Å². The fraction of sp³-hybridized carbons (Fsp3) is 0.400. The number of rotatable bonds is 5. The molecule has 0 unspecified atom stereocenters. The summed E-state index contributed by atoms with van der Waals surface area (Å²) in [5.41, 5.74) is 6.75. The zero-order valence-corrected chi connectivity index (χ0v) is 13.8. The first-order chi connectivity index (χ1) is 9.96. The Morgan fingerprint density at radius 2 is 1.95 bits per heavy atom. The second kappa shape index (κ2) is 7.38. The van der Waals surface area contributed by atoms with E-state index in [4.69, 9.17) is 5.73 Å². The minimum atomic E-state index is -0.377. The SMILES string of the molecule is CCC(C)(C)C(=O)Nc1ccc(-c2n[nH]c(CN)n2)cc1.Cl. The van der Waals surface area contributed by atoms with Gasteiger partial charge in [-0.05, 0) is 30.7 Å². The number of H-pyrrole nitrogens is 1. The molecule has 0 bridgehead atoms. The molecular weight excluding hydrogens is 302 g/mol. The van der Waals surface area contributed by atoms with E-state index < -0.39 is 0 Å². The van der Waals surface area contributed by atoms with Gasteiger partial charge in [0.2, 0.25) is 5.91 Å². The second-order valence-electron chi connectivity index (χ2n) is 5.58. The summed E-state index contributed by atoms with van der Waals surface area (Å²) in [7, 11) is 0. The molecule has 0 saturated heterocycles. The maximum Gasteiger partial charge on any atom is 0.230 e. The van der Waals surface area contributed by atoms with Gasteiger partial charge in [0.1, 0.15) is 5.82 Å². The molecule has 2 aromatic rings. The monoisotopic (exact) mass is 323 g/mol. The van der Waals surface area contributed by atoms with Crippen LogP contribution in [-0.2, 0) is 11.3 Å². The van der Waals surface area contributed by atoms with Crippen LogP contribution in [0.25, 0.3) is 11.4 Å². The lowest BCUT2D eigenvalue weighted by Gasteiger charge is -2.21. The number of amides is 1. The Balaban J connectivity index is 0.00000242. The number of hydrogen-bond donors (Lipinski definition) is 3. The smallest absolute Gasteiger partial charge is 0.230 e. The lowest BCUT2D eigenvalue weighted by atomic mass is 9.89. The zero-order valence-electron chi connectivity index (χ0n) is 13.0. The van der Waals surface area contributed by atoms with Crippen molar-refractivity contribution in [3.8, 4) is 11.4 Å². The van der Waals surface area contributed by atoms with Crippen LogP contribution in [-0.4, -0.2) is 21.1 Å². The van der Waals surface area contributed by atoms with Crippen molar-refractivity contribution in [3.63, 3.8) is 0 Å². The number of aromatic amines is 1. The molecule has 0 aliphatic heterocycles. The molecule has 4 N–H and O–H groups in total. The quantitative estimate of drug-likeness (QED) is 0.788. The van der Waals surface area contributed by atoms with Crippen LogP contribution in [0.3, 0.4) is 0 Å². The van der Waals surface area contributed by atoms with Crippen molar-refractivity contribution in [2.75, 3.05) is 5.32 Å². The number of halogens is 1. The van der Waals surface area contributed by atoms with E-state index in [1.165, 1.54) is 0 Å². The number of hydrogen-bond acceptors (Lipinski definition) is 4. The molecule has 0 fully saturated rings. The van der Waals surface area contributed by atoms with E-state index in [0.717, 1.165) is 17.7 Å². The molecule has 0 aliphatic carbocycles. The second-order valence-corrected chi connectivity index (χ2v) is 5.58. The van der Waals surface area contributed by atoms with Gasteiger partial charge in [-0.1, -0.05) is 20.8 Å². The molecule has 0 radical (unpaired) electrons. The first-order valence-corrected chi connectivity index (χ1v) is 6.99. The minimum Gasteiger partial charge on any atom is -0.326 e. The maximum absolute atomic E-state index is 12.1. The number of carbonyl (C=O) groups is 1.